The Morgan fingerprint density at radius 2 is 1.24 bits per heavy atom. The van der Waals surface area contributed by atoms with E-state index in [9.17, 15) is 52.7 Å². The molecule has 0 radical (unpaired) electrons. The second-order valence-corrected chi connectivity index (χ2v) is 28.9. The normalized spacial score (nSPS) is 24.7. The van der Waals surface area contributed by atoms with Crippen LogP contribution in [0.25, 0.3) is 0 Å². The molecule has 95 heavy (non-hydrogen) atoms. The molecule has 1 unspecified atom stereocenters. The molecule has 2 saturated heterocycles. The zero-order valence-corrected chi connectivity index (χ0v) is 61.2. The van der Waals surface area contributed by atoms with Crippen molar-refractivity contribution in [2.45, 2.75) is 193 Å². The molecule has 0 bridgehead atoms. The molecule has 12 amide bonds. The molecule has 1 aliphatic carbocycles. The second kappa shape index (κ2) is 36.4. The van der Waals surface area contributed by atoms with Gasteiger partial charge in [0.2, 0.25) is 70.9 Å². The highest BCUT2D eigenvalue weighted by Gasteiger charge is 2.45. The highest BCUT2D eigenvalue weighted by Crippen LogP contribution is 2.32. The lowest BCUT2D eigenvalue weighted by molar-refractivity contribution is -0.152. The number of rotatable bonds is 14. The first kappa shape index (κ1) is 78.8. The zero-order chi connectivity index (χ0) is 70.8. The van der Waals surface area contributed by atoms with Crippen molar-refractivity contribution in [2.24, 2.45) is 17.8 Å². The third kappa shape index (κ3) is 22.1. The maximum Gasteiger partial charge on any atom is 0.246 e. The average Bonchev–Trinajstić information content (AvgIpc) is 0.830. The van der Waals surface area contributed by atoms with Crippen molar-refractivity contribution >= 4 is 105 Å². The first-order valence-electron chi connectivity index (χ1n) is 33.5. The quantitative estimate of drug-likeness (QED) is 0.188. The van der Waals surface area contributed by atoms with Crippen LogP contribution in [0.1, 0.15) is 143 Å². The number of likely N-dealkylation sites (N-methyl/N-ethyl adjacent to an activating group) is 7. The minimum atomic E-state index is -1.68. The Kier molecular flexibility index (Phi) is 30.2. The summed E-state index contributed by atoms with van der Waals surface area (Å²) in [6.45, 7) is 11.4. The Morgan fingerprint density at radius 3 is 1.83 bits per heavy atom. The summed E-state index contributed by atoms with van der Waals surface area (Å²) in [6.07, 6.45) is 6.13. The van der Waals surface area contributed by atoms with Crippen molar-refractivity contribution in [1.82, 2.24) is 60.5 Å². The topological polar surface area (TPSA) is 279 Å². The molecule has 26 heteroatoms. The number of nitrogens with zero attached hydrogens (tertiary/aromatic N) is 8. The number of halogens is 2. The molecule has 526 valence electrons. The molecule has 5 rings (SSSR count). The third-order valence-electron chi connectivity index (χ3n) is 19.1. The van der Waals surface area contributed by atoms with E-state index < -0.39 is 151 Å². The van der Waals surface area contributed by atoms with Gasteiger partial charge in [0.15, 0.2) is 0 Å². The zero-order valence-electron chi connectivity index (χ0n) is 58.3. The number of nitrogens with one attached hydrogen (secondary N) is 4. The van der Waals surface area contributed by atoms with Crippen LogP contribution in [0.2, 0.25) is 5.02 Å². The van der Waals surface area contributed by atoms with Gasteiger partial charge in [-0.15, -0.1) is 0 Å². The molecule has 0 aromatic heterocycles. The van der Waals surface area contributed by atoms with E-state index in [2.05, 4.69) is 43.9 Å². The summed E-state index contributed by atoms with van der Waals surface area (Å²) in [5.41, 5.74) is -0.393. The van der Waals surface area contributed by atoms with Gasteiger partial charge in [0.05, 0.1) is 26.1 Å². The SMILES string of the molecule is CCCC[C@@H]1NC(=O)[C@H](Cc2cccc(I)c2)NC(=O)CN(C)C(=O)[C@H](Cc2ccc(Cl)cc2)N(C)C(=O)CN(C)C(=O)CN(C)C(=O)[C@H]([C@@H](C)CC)NC(=O)[C@H](CC(C)C)N(C)C(=O)CC(C(=O)N2CCCCC2)N(C)C(=O)[C@H](CC2CCC2)NC(=O)C(C)(C)N(C)C1=O. The number of likely N-dealkylation sites (tertiary alicyclic amines) is 1. The molecular formula is C69H104ClIN12O12. The van der Waals surface area contributed by atoms with Gasteiger partial charge in [-0.05, 0) is 128 Å². The van der Waals surface area contributed by atoms with Crippen molar-refractivity contribution in [3.05, 3.63) is 68.3 Å². The lowest BCUT2D eigenvalue weighted by Crippen LogP contribution is -2.63. The number of benzene rings is 2. The molecule has 2 heterocycles. The second-order valence-electron chi connectivity index (χ2n) is 27.2. The maximum atomic E-state index is 15.3. The van der Waals surface area contributed by atoms with Crippen molar-refractivity contribution < 1.29 is 57.5 Å². The maximum absolute atomic E-state index is 15.3. The van der Waals surface area contributed by atoms with E-state index in [0.717, 1.165) is 44.0 Å². The van der Waals surface area contributed by atoms with E-state index in [1.807, 2.05) is 39.8 Å². The minimum absolute atomic E-state index is 0.0322. The largest absolute Gasteiger partial charge is 0.343 e. The Bertz CT molecular complexity index is 3050. The first-order chi connectivity index (χ1) is 44.7. The number of carbonyl (C=O) groups excluding carboxylic acids is 12. The van der Waals surface area contributed by atoms with E-state index in [-0.39, 0.29) is 43.9 Å². The van der Waals surface area contributed by atoms with Gasteiger partial charge in [0, 0.05) is 83.9 Å². The summed E-state index contributed by atoms with van der Waals surface area (Å²) in [5, 5.41) is 12.0. The molecule has 3 aliphatic rings. The van der Waals surface area contributed by atoms with Crippen LogP contribution >= 0.6 is 34.2 Å². The van der Waals surface area contributed by atoms with Gasteiger partial charge in [-0.25, -0.2) is 0 Å². The van der Waals surface area contributed by atoms with Crippen LogP contribution in [0, 0.1) is 21.3 Å². The fourth-order valence-electron chi connectivity index (χ4n) is 12.0. The molecule has 2 aromatic rings. The molecule has 1 saturated carbocycles. The van der Waals surface area contributed by atoms with Gasteiger partial charge < -0.3 is 60.5 Å². The minimum Gasteiger partial charge on any atom is -0.343 e. The summed E-state index contributed by atoms with van der Waals surface area (Å²) < 4.78 is 0.849. The highest BCUT2D eigenvalue weighted by atomic mass is 127. The lowest BCUT2D eigenvalue weighted by atomic mass is 9.80. The van der Waals surface area contributed by atoms with Gasteiger partial charge in [0.25, 0.3) is 0 Å². The van der Waals surface area contributed by atoms with Crippen molar-refractivity contribution in [1.29, 1.82) is 0 Å². The van der Waals surface area contributed by atoms with E-state index in [0.29, 0.717) is 61.3 Å². The van der Waals surface area contributed by atoms with E-state index in [1.54, 1.807) is 48.2 Å². The molecule has 0 spiro atoms. The van der Waals surface area contributed by atoms with Gasteiger partial charge in [-0.3, -0.25) is 57.5 Å². The predicted octanol–water partition coefficient (Wildman–Crippen LogP) is 4.65. The Hall–Kier alpha value is -6.90. The number of piperidine rings is 1. The number of carbonyl (C=O) groups is 12. The number of hydrogen-bond acceptors (Lipinski definition) is 12. The van der Waals surface area contributed by atoms with Gasteiger partial charge >= 0.3 is 0 Å². The molecular weight excluding hydrogens is 1350 g/mol. The lowest BCUT2D eigenvalue weighted by Gasteiger charge is -2.40. The third-order valence-corrected chi connectivity index (χ3v) is 20.0. The van der Waals surface area contributed by atoms with Crippen LogP contribution in [0.15, 0.2) is 48.5 Å². The molecule has 2 aliphatic heterocycles. The summed E-state index contributed by atoms with van der Waals surface area (Å²) in [7, 11) is 9.86. The molecule has 8 atom stereocenters. The average molecular weight is 1460 g/mol. The van der Waals surface area contributed by atoms with Crippen molar-refractivity contribution in [3.8, 4) is 0 Å². The summed E-state index contributed by atoms with van der Waals surface area (Å²) in [6, 6.07) is 5.19. The number of unbranched alkanes of at least 4 members (excludes halogenated alkanes) is 1. The summed E-state index contributed by atoms with van der Waals surface area (Å²) in [5.74, 6) is -8.46. The summed E-state index contributed by atoms with van der Waals surface area (Å²) in [4.78, 5) is 187. The Balaban J connectivity index is 1.61. The molecule has 2 aromatic carbocycles. The van der Waals surface area contributed by atoms with Crippen molar-refractivity contribution in [2.75, 3.05) is 82.1 Å². The van der Waals surface area contributed by atoms with Gasteiger partial charge in [-0.2, -0.15) is 0 Å². The highest BCUT2D eigenvalue weighted by molar-refractivity contribution is 14.1. The van der Waals surface area contributed by atoms with Crippen LogP contribution < -0.4 is 21.3 Å². The first-order valence-corrected chi connectivity index (χ1v) is 34.9. The number of amides is 12. The Morgan fingerprint density at radius 1 is 0.621 bits per heavy atom. The number of hydrogen-bond donors (Lipinski definition) is 4. The molecule has 24 nitrogen and oxygen atoms in total. The van der Waals surface area contributed by atoms with Crippen LogP contribution in [-0.4, -0.2) is 240 Å². The standard InChI is InChI=1S/C69H104ClIN12O12/c1-15-17-27-50-64(91)82(14)69(6,7)68(95)74-52(36-45-23-21-24-45)63(90)81(13)55(66(93)83-32-19-18-20-33-83)39-57(85)79(11)53(34-43(3)4)62(89)75-60(44(5)16-2)67(94)78(10)41-58(86)76(8)42-59(87)80(12)54(38-46-28-30-48(70)31-29-46)65(92)77(9)40-56(84)72-51(61(88)73-50)37-47-25-22-26-49(71)35-47/h22,25-26,28-31,35,43-45,50-55,60H,15-21,23-24,27,32-34,36-42H2,1-14H3,(H,72,84)(H,73,88)(H,74,95)(H,75,89)/t44-,50-,51-,52-,53-,54-,55?,60-/m0/s1. The monoisotopic (exact) mass is 1450 g/mol. The molecule has 3 fully saturated rings. The molecule has 4 N–H and O–H groups in total. The summed E-state index contributed by atoms with van der Waals surface area (Å²) >= 11 is 8.37. The fraction of sp³-hybridized carbons (Fsp3) is 0.652. The van der Waals surface area contributed by atoms with Crippen LogP contribution in [0.4, 0.5) is 0 Å². The van der Waals surface area contributed by atoms with E-state index >= 15 is 4.79 Å². The Labute approximate surface area is 580 Å². The van der Waals surface area contributed by atoms with E-state index in [1.165, 1.54) is 82.8 Å². The predicted molar refractivity (Wildman–Crippen MR) is 371 cm³/mol. The van der Waals surface area contributed by atoms with Crippen LogP contribution in [0.3, 0.4) is 0 Å². The van der Waals surface area contributed by atoms with Gasteiger partial charge in [0.1, 0.15) is 47.8 Å². The van der Waals surface area contributed by atoms with Gasteiger partial charge in [-0.1, -0.05) is 109 Å². The van der Waals surface area contributed by atoms with Crippen LogP contribution in [0.5, 0.6) is 0 Å². The van der Waals surface area contributed by atoms with Crippen molar-refractivity contribution in [3.63, 3.8) is 0 Å². The smallest absolute Gasteiger partial charge is 0.246 e. The van der Waals surface area contributed by atoms with Crippen LogP contribution in [-0.2, 0) is 70.4 Å². The fourth-order valence-corrected chi connectivity index (χ4v) is 12.7. The van der Waals surface area contributed by atoms with E-state index in [4.69, 9.17) is 11.6 Å².